The van der Waals surface area contributed by atoms with Crippen molar-refractivity contribution >= 4 is 23.0 Å². The van der Waals surface area contributed by atoms with Crippen LogP contribution in [-0.4, -0.2) is 16.3 Å². The van der Waals surface area contributed by atoms with Crippen molar-refractivity contribution in [1.82, 2.24) is 4.98 Å². The third-order valence-corrected chi connectivity index (χ3v) is 9.38. The number of aliphatic imine (C=N–C) groups is 1. The standard InChI is InChI=1S/C45H48N2O2/c1-27(2)32-24-37(28(3)4)42(38(25-32)29(5)6)31-15-12-14-30(22-31)35-17-13-19-41-43(35)47-44(49-41)36-16-10-11-18-39(36)46-26-33-23-34(45(7,8)9)20-21-40(33)48/h10-29,48H,1-9H3. The number of para-hydroxylation sites is 2. The Balaban J connectivity index is 1.42. The third kappa shape index (κ3) is 6.96. The number of hydrogen-bond acceptors (Lipinski definition) is 4. The van der Waals surface area contributed by atoms with Crippen molar-refractivity contribution in [3.63, 3.8) is 0 Å². The Labute approximate surface area is 291 Å². The number of aromatic nitrogens is 1. The number of benzene rings is 5. The molecule has 0 spiro atoms. The van der Waals surface area contributed by atoms with E-state index in [2.05, 4.69) is 105 Å². The van der Waals surface area contributed by atoms with Gasteiger partial charge in [-0.05, 0) is 98.5 Å². The summed E-state index contributed by atoms with van der Waals surface area (Å²) in [5.41, 5.74) is 13.7. The highest BCUT2D eigenvalue weighted by Gasteiger charge is 2.21. The summed E-state index contributed by atoms with van der Waals surface area (Å²) >= 11 is 0. The summed E-state index contributed by atoms with van der Waals surface area (Å²) in [6.45, 7) is 20.2. The molecule has 0 fully saturated rings. The van der Waals surface area contributed by atoms with E-state index in [0.717, 1.165) is 33.4 Å². The van der Waals surface area contributed by atoms with E-state index in [4.69, 9.17) is 14.4 Å². The zero-order chi connectivity index (χ0) is 35.0. The van der Waals surface area contributed by atoms with Crippen molar-refractivity contribution in [2.75, 3.05) is 0 Å². The van der Waals surface area contributed by atoms with Crippen molar-refractivity contribution in [1.29, 1.82) is 0 Å². The van der Waals surface area contributed by atoms with Gasteiger partial charge in [0.1, 0.15) is 11.3 Å². The summed E-state index contributed by atoms with van der Waals surface area (Å²) in [5.74, 6) is 1.96. The van der Waals surface area contributed by atoms with Gasteiger partial charge >= 0.3 is 0 Å². The average molecular weight is 649 g/mol. The molecule has 1 heterocycles. The quantitative estimate of drug-likeness (QED) is 0.167. The van der Waals surface area contributed by atoms with Crippen LogP contribution in [0.3, 0.4) is 0 Å². The Hall–Kier alpha value is -4.96. The van der Waals surface area contributed by atoms with Gasteiger partial charge in [-0.15, -0.1) is 0 Å². The van der Waals surface area contributed by atoms with E-state index in [1.807, 2.05) is 48.5 Å². The van der Waals surface area contributed by atoms with E-state index in [-0.39, 0.29) is 11.2 Å². The van der Waals surface area contributed by atoms with Gasteiger partial charge in [-0.25, -0.2) is 4.98 Å². The molecule has 4 nitrogen and oxygen atoms in total. The number of phenols is 1. The molecule has 1 N–H and O–H groups in total. The Morgan fingerprint density at radius 1 is 0.694 bits per heavy atom. The fourth-order valence-electron chi connectivity index (χ4n) is 6.46. The normalized spacial score (nSPS) is 12.3. The molecule has 5 aromatic carbocycles. The second kappa shape index (κ2) is 13.5. The Kier molecular flexibility index (Phi) is 9.35. The minimum Gasteiger partial charge on any atom is -0.507 e. The van der Waals surface area contributed by atoms with E-state index >= 15 is 0 Å². The lowest BCUT2D eigenvalue weighted by Gasteiger charge is -2.23. The van der Waals surface area contributed by atoms with Gasteiger partial charge in [-0.2, -0.15) is 0 Å². The molecule has 0 aliphatic heterocycles. The highest BCUT2D eigenvalue weighted by Crippen LogP contribution is 2.41. The average Bonchev–Trinajstić information content (AvgIpc) is 3.51. The molecular formula is C45H48N2O2. The van der Waals surface area contributed by atoms with Crippen LogP contribution in [0.25, 0.3) is 44.8 Å². The van der Waals surface area contributed by atoms with Crippen LogP contribution in [0.2, 0.25) is 0 Å². The molecule has 49 heavy (non-hydrogen) atoms. The first-order valence-corrected chi connectivity index (χ1v) is 17.5. The lowest BCUT2D eigenvalue weighted by molar-refractivity contribution is 0.473. The summed E-state index contributed by atoms with van der Waals surface area (Å²) in [5, 5.41) is 10.6. The van der Waals surface area contributed by atoms with Crippen LogP contribution >= 0.6 is 0 Å². The van der Waals surface area contributed by atoms with E-state index in [9.17, 15) is 5.11 Å². The molecular weight excluding hydrogens is 601 g/mol. The number of oxazole rings is 1. The molecule has 0 amide bonds. The van der Waals surface area contributed by atoms with Gasteiger partial charge in [-0.1, -0.05) is 123 Å². The monoisotopic (exact) mass is 648 g/mol. The summed E-state index contributed by atoms with van der Waals surface area (Å²) in [6.07, 6.45) is 1.72. The van der Waals surface area contributed by atoms with Crippen LogP contribution in [0.5, 0.6) is 5.75 Å². The lowest BCUT2D eigenvalue weighted by atomic mass is 9.81. The summed E-state index contributed by atoms with van der Waals surface area (Å²) < 4.78 is 6.41. The molecule has 0 saturated heterocycles. The zero-order valence-electron chi connectivity index (χ0n) is 30.3. The van der Waals surface area contributed by atoms with Crippen molar-refractivity contribution in [3.8, 4) is 39.5 Å². The van der Waals surface area contributed by atoms with E-state index in [1.54, 1.807) is 12.3 Å². The van der Waals surface area contributed by atoms with Crippen LogP contribution in [-0.2, 0) is 5.41 Å². The highest BCUT2D eigenvalue weighted by molar-refractivity contribution is 5.94. The number of fused-ring (bicyclic) bond motifs is 1. The highest BCUT2D eigenvalue weighted by atomic mass is 16.3. The number of rotatable bonds is 8. The predicted octanol–water partition coefficient (Wildman–Crippen LogP) is 13.0. The van der Waals surface area contributed by atoms with Gasteiger partial charge in [0, 0.05) is 17.3 Å². The fraction of sp³-hybridized carbons (Fsp3) is 0.289. The number of hydrogen-bond donors (Lipinski definition) is 1. The Morgan fingerprint density at radius 3 is 2.02 bits per heavy atom. The first kappa shape index (κ1) is 33.9. The van der Waals surface area contributed by atoms with Gasteiger partial charge in [0.15, 0.2) is 5.58 Å². The minimum atomic E-state index is -0.0462. The second-order valence-corrected chi connectivity index (χ2v) is 15.1. The molecule has 6 rings (SSSR count). The molecule has 0 aliphatic carbocycles. The van der Waals surface area contributed by atoms with E-state index < -0.39 is 0 Å². The van der Waals surface area contributed by atoms with Crippen molar-refractivity contribution in [2.45, 2.75) is 85.5 Å². The van der Waals surface area contributed by atoms with Gasteiger partial charge < -0.3 is 9.52 Å². The Morgan fingerprint density at radius 2 is 1.35 bits per heavy atom. The van der Waals surface area contributed by atoms with Crippen LogP contribution in [0.1, 0.15) is 108 Å². The molecule has 6 aromatic rings. The molecule has 4 heteroatoms. The number of aromatic hydroxyl groups is 1. The van der Waals surface area contributed by atoms with Crippen LogP contribution in [0.4, 0.5) is 5.69 Å². The summed E-state index contributed by atoms with van der Waals surface area (Å²) in [6, 6.07) is 33.3. The van der Waals surface area contributed by atoms with Gasteiger partial charge in [0.05, 0.1) is 11.3 Å². The number of phenolic OH excluding ortho intramolecular Hbond substituents is 1. The first-order chi connectivity index (χ1) is 23.3. The largest absolute Gasteiger partial charge is 0.507 e. The Bertz CT molecular complexity index is 2130. The molecule has 0 unspecified atom stereocenters. The maximum absolute atomic E-state index is 10.6. The molecule has 250 valence electrons. The third-order valence-electron chi connectivity index (χ3n) is 9.38. The van der Waals surface area contributed by atoms with Crippen molar-refractivity contribution in [2.24, 2.45) is 4.99 Å². The molecule has 0 aliphatic rings. The first-order valence-electron chi connectivity index (χ1n) is 17.5. The van der Waals surface area contributed by atoms with E-state index in [1.165, 1.54) is 27.8 Å². The van der Waals surface area contributed by atoms with Crippen LogP contribution in [0.15, 0.2) is 106 Å². The van der Waals surface area contributed by atoms with Crippen LogP contribution < -0.4 is 0 Å². The second-order valence-electron chi connectivity index (χ2n) is 15.1. The molecule has 0 bridgehead atoms. The minimum absolute atomic E-state index is 0.0462. The van der Waals surface area contributed by atoms with Gasteiger partial charge in [-0.3, -0.25) is 4.99 Å². The van der Waals surface area contributed by atoms with E-state index in [0.29, 0.717) is 34.9 Å². The van der Waals surface area contributed by atoms with Crippen LogP contribution in [0, 0.1) is 0 Å². The zero-order valence-corrected chi connectivity index (χ0v) is 30.3. The maximum atomic E-state index is 10.6. The summed E-state index contributed by atoms with van der Waals surface area (Å²) in [7, 11) is 0. The number of nitrogens with zero attached hydrogens (tertiary/aromatic N) is 2. The molecule has 1 aromatic heterocycles. The molecule has 0 saturated carbocycles. The van der Waals surface area contributed by atoms with Gasteiger partial charge in [0.25, 0.3) is 0 Å². The maximum Gasteiger partial charge on any atom is 0.229 e. The summed E-state index contributed by atoms with van der Waals surface area (Å²) in [4.78, 5) is 9.88. The fourth-order valence-corrected chi connectivity index (χ4v) is 6.46. The van der Waals surface area contributed by atoms with Gasteiger partial charge in [0.2, 0.25) is 5.89 Å². The molecule has 0 radical (unpaired) electrons. The van der Waals surface area contributed by atoms with Crippen molar-refractivity contribution < 1.29 is 9.52 Å². The topological polar surface area (TPSA) is 58.6 Å². The SMILES string of the molecule is CC(C)c1cc(C(C)C)c(-c2cccc(-c3cccc4oc(-c5ccccc5N=Cc5cc(C(C)(C)C)ccc5O)nc34)c2)c(C(C)C)c1. The lowest BCUT2D eigenvalue weighted by Crippen LogP contribution is -2.11. The van der Waals surface area contributed by atoms with Crippen molar-refractivity contribution in [3.05, 3.63) is 125 Å². The molecule has 0 atom stereocenters. The smallest absolute Gasteiger partial charge is 0.229 e. The predicted molar refractivity (Wildman–Crippen MR) is 207 cm³/mol.